The van der Waals surface area contributed by atoms with Crippen LogP contribution in [0.15, 0.2) is 24.3 Å². The van der Waals surface area contributed by atoms with Crippen LogP contribution in [0.25, 0.3) is 0 Å². The second-order valence-corrected chi connectivity index (χ2v) is 5.12. The lowest BCUT2D eigenvalue weighted by Crippen LogP contribution is -2.38. The number of nitrogens with one attached hydrogen (secondary N) is 1. The molecule has 1 N–H and O–H groups in total. The number of piperidine rings is 1. The maximum absolute atomic E-state index is 13.4. The molecule has 18 heavy (non-hydrogen) atoms. The van der Waals surface area contributed by atoms with Gasteiger partial charge in [-0.2, -0.15) is 0 Å². The van der Waals surface area contributed by atoms with E-state index in [2.05, 4.69) is 17.1 Å². The Morgan fingerprint density at radius 1 is 1.39 bits per heavy atom. The molecule has 2 rings (SSSR count). The molecular weight excluding hydrogens is 227 g/mol. The molecule has 2 nitrogen and oxygen atoms in total. The maximum Gasteiger partial charge on any atom is 0.146 e. The molecule has 1 unspecified atom stereocenters. The van der Waals surface area contributed by atoms with Crippen LogP contribution in [0.1, 0.15) is 26.2 Å². The summed E-state index contributed by atoms with van der Waals surface area (Å²) in [4.78, 5) is 2.49. The number of rotatable bonds is 5. The van der Waals surface area contributed by atoms with E-state index in [1.165, 1.54) is 38.4 Å². The molecule has 0 aliphatic carbocycles. The van der Waals surface area contributed by atoms with Crippen molar-refractivity contribution >= 4 is 5.69 Å². The zero-order valence-electron chi connectivity index (χ0n) is 11.2. The van der Waals surface area contributed by atoms with Crippen LogP contribution in [0.5, 0.6) is 0 Å². The Kier molecular flexibility index (Phi) is 5.00. The Bertz CT molecular complexity index is 367. The van der Waals surface area contributed by atoms with E-state index >= 15 is 0 Å². The minimum absolute atomic E-state index is 0.164. The van der Waals surface area contributed by atoms with Crippen LogP contribution in [0.2, 0.25) is 0 Å². The first kappa shape index (κ1) is 13.3. The summed E-state index contributed by atoms with van der Waals surface area (Å²) in [7, 11) is 0. The van der Waals surface area contributed by atoms with Gasteiger partial charge in [0.05, 0.1) is 5.69 Å². The molecule has 0 spiro atoms. The van der Waals surface area contributed by atoms with Crippen molar-refractivity contribution in [2.24, 2.45) is 5.92 Å². The second-order valence-electron chi connectivity index (χ2n) is 5.12. The zero-order chi connectivity index (χ0) is 12.8. The Labute approximate surface area is 109 Å². The van der Waals surface area contributed by atoms with E-state index in [4.69, 9.17) is 0 Å². The van der Waals surface area contributed by atoms with Crippen molar-refractivity contribution < 1.29 is 4.39 Å². The molecule has 1 aliphatic heterocycles. The standard InChI is InChI=1S/C15H23FN2/c1-2-13-6-5-10-18(12-13)11-9-17-15-8-4-3-7-14(15)16/h3-4,7-8,13,17H,2,5-6,9-12H2,1H3. The summed E-state index contributed by atoms with van der Waals surface area (Å²) in [6.45, 7) is 6.48. The predicted octanol–water partition coefficient (Wildman–Crippen LogP) is 3.36. The van der Waals surface area contributed by atoms with Gasteiger partial charge in [-0.05, 0) is 37.4 Å². The first-order valence-corrected chi connectivity index (χ1v) is 7.00. The molecule has 1 fully saturated rings. The molecule has 1 heterocycles. The summed E-state index contributed by atoms with van der Waals surface area (Å²) in [5.41, 5.74) is 0.613. The molecule has 3 heteroatoms. The van der Waals surface area contributed by atoms with Crippen LogP contribution >= 0.6 is 0 Å². The van der Waals surface area contributed by atoms with Crippen molar-refractivity contribution in [3.05, 3.63) is 30.1 Å². The van der Waals surface area contributed by atoms with Crippen LogP contribution in [-0.4, -0.2) is 31.1 Å². The smallest absolute Gasteiger partial charge is 0.146 e. The summed E-state index contributed by atoms with van der Waals surface area (Å²) in [5.74, 6) is 0.690. The average Bonchev–Trinajstić information content (AvgIpc) is 2.41. The van der Waals surface area contributed by atoms with Gasteiger partial charge in [-0.25, -0.2) is 4.39 Å². The third-order valence-electron chi connectivity index (χ3n) is 3.80. The highest BCUT2D eigenvalue weighted by molar-refractivity contribution is 5.44. The summed E-state index contributed by atoms with van der Waals surface area (Å²) in [6.07, 6.45) is 3.95. The van der Waals surface area contributed by atoms with Crippen molar-refractivity contribution in [2.45, 2.75) is 26.2 Å². The lowest BCUT2D eigenvalue weighted by Gasteiger charge is -2.32. The van der Waals surface area contributed by atoms with Gasteiger partial charge < -0.3 is 10.2 Å². The van der Waals surface area contributed by atoms with Gasteiger partial charge in [0.1, 0.15) is 5.82 Å². The first-order chi connectivity index (χ1) is 8.79. The molecule has 0 aromatic heterocycles. The highest BCUT2D eigenvalue weighted by Crippen LogP contribution is 2.19. The van der Waals surface area contributed by atoms with E-state index in [0.717, 1.165) is 19.0 Å². The van der Waals surface area contributed by atoms with E-state index in [-0.39, 0.29) is 5.82 Å². The lowest BCUT2D eigenvalue weighted by molar-refractivity contribution is 0.177. The molecular formula is C15H23FN2. The zero-order valence-corrected chi connectivity index (χ0v) is 11.2. The molecule has 1 aromatic rings. The highest BCUT2D eigenvalue weighted by Gasteiger charge is 2.17. The fourth-order valence-electron chi connectivity index (χ4n) is 2.64. The summed E-state index contributed by atoms with van der Waals surface area (Å²) in [6, 6.07) is 6.87. The number of hydrogen-bond donors (Lipinski definition) is 1. The van der Waals surface area contributed by atoms with Crippen molar-refractivity contribution in [1.29, 1.82) is 0 Å². The van der Waals surface area contributed by atoms with E-state index in [1.54, 1.807) is 12.1 Å². The van der Waals surface area contributed by atoms with Crippen LogP contribution in [0.3, 0.4) is 0 Å². The van der Waals surface area contributed by atoms with Gasteiger partial charge >= 0.3 is 0 Å². The first-order valence-electron chi connectivity index (χ1n) is 7.00. The monoisotopic (exact) mass is 250 g/mol. The van der Waals surface area contributed by atoms with Crippen LogP contribution < -0.4 is 5.32 Å². The number of hydrogen-bond acceptors (Lipinski definition) is 2. The third kappa shape index (κ3) is 3.70. The van der Waals surface area contributed by atoms with Crippen molar-refractivity contribution in [1.82, 2.24) is 4.90 Å². The number of anilines is 1. The van der Waals surface area contributed by atoms with Crippen molar-refractivity contribution in [2.75, 3.05) is 31.5 Å². The Balaban J connectivity index is 1.73. The van der Waals surface area contributed by atoms with Crippen LogP contribution in [-0.2, 0) is 0 Å². The van der Waals surface area contributed by atoms with E-state index < -0.39 is 0 Å². The van der Waals surface area contributed by atoms with Gasteiger partial charge in [0.2, 0.25) is 0 Å². The fourth-order valence-corrected chi connectivity index (χ4v) is 2.64. The van der Waals surface area contributed by atoms with E-state index in [9.17, 15) is 4.39 Å². The second kappa shape index (κ2) is 6.74. The molecule has 0 bridgehead atoms. The Morgan fingerprint density at radius 3 is 3.00 bits per heavy atom. The quantitative estimate of drug-likeness (QED) is 0.862. The van der Waals surface area contributed by atoms with E-state index in [1.807, 2.05) is 6.07 Å². The minimum atomic E-state index is -0.164. The Hall–Kier alpha value is -1.09. The van der Waals surface area contributed by atoms with E-state index in [0.29, 0.717) is 5.69 Å². The number of nitrogens with zero attached hydrogens (tertiary/aromatic N) is 1. The van der Waals surface area contributed by atoms with Crippen LogP contribution in [0, 0.1) is 11.7 Å². The average molecular weight is 250 g/mol. The Morgan fingerprint density at radius 2 is 2.22 bits per heavy atom. The maximum atomic E-state index is 13.4. The van der Waals surface area contributed by atoms with Gasteiger partial charge in [0, 0.05) is 19.6 Å². The van der Waals surface area contributed by atoms with Crippen LogP contribution in [0.4, 0.5) is 10.1 Å². The van der Waals surface area contributed by atoms with Gasteiger partial charge in [-0.3, -0.25) is 0 Å². The van der Waals surface area contributed by atoms with Gasteiger partial charge in [-0.1, -0.05) is 25.5 Å². The molecule has 0 saturated carbocycles. The van der Waals surface area contributed by atoms with Crippen molar-refractivity contribution in [3.8, 4) is 0 Å². The largest absolute Gasteiger partial charge is 0.381 e. The predicted molar refractivity (Wildman–Crippen MR) is 74.3 cm³/mol. The number of benzene rings is 1. The molecule has 1 atom stereocenters. The summed E-state index contributed by atoms with van der Waals surface area (Å²) < 4.78 is 13.4. The number of halogens is 1. The number of likely N-dealkylation sites (tertiary alicyclic amines) is 1. The molecule has 1 aromatic carbocycles. The molecule has 100 valence electrons. The topological polar surface area (TPSA) is 15.3 Å². The minimum Gasteiger partial charge on any atom is -0.381 e. The SMILES string of the molecule is CCC1CCCN(CCNc2ccccc2F)C1. The highest BCUT2D eigenvalue weighted by atomic mass is 19.1. The molecule has 1 aliphatic rings. The molecule has 0 radical (unpaired) electrons. The summed E-state index contributed by atoms with van der Waals surface area (Å²) >= 11 is 0. The van der Waals surface area contributed by atoms with Crippen molar-refractivity contribution in [3.63, 3.8) is 0 Å². The summed E-state index contributed by atoms with van der Waals surface area (Å²) in [5, 5.41) is 3.18. The molecule has 1 saturated heterocycles. The normalized spacial score (nSPS) is 20.9. The van der Waals surface area contributed by atoms with Gasteiger partial charge in [0.15, 0.2) is 0 Å². The fraction of sp³-hybridized carbons (Fsp3) is 0.600. The lowest BCUT2D eigenvalue weighted by atomic mass is 9.96. The molecule has 0 amide bonds. The van der Waals surface area contributed by atoms with Gasteiger partial charge in [0.25, 0.3) is 0 Å². The third-order valence-corrected chi connectivity index (χ3v) is 3.80. The van der Waals surface area contributed by atoms with Gasteiger partial charge in [-0.15, -0.1) is 0 Å². The number of para-hydroxylation sites is 1.